The lowest BCUT2D eigenvalue weighted by molar-refractivity contribution is -0.122. The van der Waals surface area contributed by atoms with Gasteiger partial charge in [-0.3, -0.25) is 9.59 Å². The van der Waals surface area contributed by atoms with E-state index in [9.17, 15) is 9.59 Å². The van der Waals surface area contributed by atoms with Crippen LogP contribution in [-0.4, -0.2) is 47.2 Å². The Morgan fingerprint density at radius 3 is 2.79 bits per heavy atom. The summed E-state index contributed by atoms with van der Waals surface area (Å²) < 4.78 is 6.94. The van der Waals surface area contributed by atoms with Crippen LogP contribution in [-0.2, 0) is 18.3 Å². The molecule has 176 valence electrons. The molecule has 1 aliphatic rings. The van der Waals surface area contributed by atoms with Gasteiger partial charge in [-0.25, -0.2) is 9.97 Å². The molecule has 1 saturated heterocycles. The van der Waals surface area contributed by atoms with Crippen molar-refractivity contribution in [1.29, 1.82) is 5.26 Å². The van der Waals surface area contributed by atoms with Crippen LogP contribution in [0.25, 0.3) is 10.9 Å². The van der Waals surface area contributed by atoms with E-state index in [1.54, 1.807) is 19.3 Å². The highest BCUT2D eigenvalue weighted by Gasteiger charge is 2.21. The van der Waals surface area contributed by atoms with Crippen LogP contribution in [0, 0.1) is 17.2 Å². The number of anilines is 1. The van der Waals surface area contributed by atoms with Crippen molar-refractivity contribution in [1.82, 2.24) is 19.9 Å². The molecule has 1 aromatic carbocycles. The van der Waals surface area contributed by atoms with Gasteiger partial charge >= 0.3 is 0 Å². The number of nitriles is 1. The fraction of sp³-hybridized carbons (Fsp3) is 0.375. The normalized spacial score (nSPS) is 14.1. The number of aryl methyl sites for hydroxylation is 1. The van der Waals surface area contributed by atoms with E-state index in [1.165, 1.54) is 11.6 Å². The number of nitrogens with one attached hydrogen (secondary N) is 1. The van der Waals surface area contributed by atoms with Gasteiger partial charge in [0.25, 0.3) is 11.5 Å². The average molecular weight is 481 g/mol. The van der Waals surface area contributed by atoms with Crippen molar-refractivity contribution in [3.63, 3.8) is 0 Å². The van der Waals surface area contributed by atoms with Gasteiger partial charge in [-0.15, -0.1) is 0 Å². The van der Waals surface area contributed by atoms with Crippen LogP contribution in [0.5, 0.6) is 5.75 Å². The van der Waals surface area contributed by atoms with Crippen molar-refractivity contribution in [3.05, 3.63) is 57.1 Å². The average Bonchev–Trinajstić information content (AvgIpc) is 2.86. The van der Waals surface area contributed by atoms with Crippen LogP contribution in [0.15, 0.2) is 35.3 Å². The number of likely N-dealkylation sites (N-methyl/N-ethyl adjacent to an activating group) is 1. The molecule has 0 atom stereocenters. The van der Waals surface area contributed by atoms with E-state index >= 15 is 0 Å². The molecule has 1 fully saturated rings. The van der Waals surface area contributed by atoms with Crippen LogP contribution in [0.1, 0.15) is 24.1 Å². The monoisotopic (exact) mass is 480 g/mol. The van der Waals surface area contributed by atoms with Gasteiger partial charge in [0.2, 0.25) is 5.95 Å². The number of ether oxygens (including phenoxy) is 1. The summed E-state index contributed by atoms with van der Waals surface area (Å²) in [4.78, 5) is 35.3. The number of pyridine rings is 1. The third kappa shape index (κ3) is 4.97. The summed E-state index contributed by atoms with van der Waals surface area (Å²) >= 11 is 6.41. The number of amides is 1. The number of carbonyl (C=O) groups is 1. The molecule has 10 heteroatoms. The minimum Gasteiger partial charge on any atom is -0.478 e. The first-order valence-electron chi connectivity index (χ1n) is 11.0. The Hall–Kier alpha value is -3.64. The Morgan fingerprint density at radius 2 is 2.09 bits per heavy atom. The highest BCUT2D eigenvalue weighted by Crippen LogP contribution is 2.25. The molecular formula is C24H25ClN6O3. The van der Waals surface area contributed by atoms with Gasteiger partial charge < -0.3 is 19.5 Å². The lowest BCUT2D eigenvalue weighted by Gasteiger charge is -2.29. The molecule has 34 heavy (non-hydrogen) atoms. The van der Waals surface area contributed by atoms with E-state index in [-0.39, 0.29) is 29.7 Å². The van der Waals surface area contributed by atoms with Crippen molar-refractivity contribution in [2.45, 2.75) is 19.3 Å². The van der Waals surface area contributed by atoms with E-state index in [4.69, 9.17) is 26.6 Å². The molecule has 1 aliphatic heterocycles. The molecule has 0 spiro atoms. The van der Waals surface area contributed by atoms with Gasteiger partial charge in [0, 0.05) is 44.9 Å². The smallest absolute Gasteiger partial charge is 0.293 e. The number of rotatable bonds is 6. The molecule has 0 aliphatic carbocycles. The van der Waals surface area contributed by atoms with Crippen molar-refractivity contribution < 1.29 is 9.53 Å². The number of benzene rings is 1. The number of hydrogen-bond donors (Lipinski definition) is 1. The molecule has 0 unspecified atom stereocenters. The van der Waals surface area contributed by atoms with Gasteiger partial charge in [0.1, 0.15) is 0 Å². The van der Waals surface area contributed by atoms with E-state index < -0.39 is 0 Å². The second-order valence-corrected chi connectivity index (χ2v) is 8.67. The van der Waals surface area contributed by atoms with Gasteiger partial charge in [0.05, 0.1) is 28.5 Å². The lowest BCUT2D eigenvalue weighted by Crippen LogP contribution is -2.34. The number of aromatic nitrogens is 3. The maximum absolute atomic E-state index is 12.6. The fourth-order valence-corrected chi connectivity index (χ4v) is 4.16. The molecule has 1 N–H and O–H groups in total. The summed E-state index contributed by atoms with van der Waals surface area (Å²) in [5.74, 6) is 0.492. The number of fused-ring (bicyclic) bond motifs is 1. The van der Waals surface area contributed by atoms with Gasteiger partial charge in [-0.1, -0.05) is 17.7 Å². The second-order valence-electron chi connectivity index (χ2n) is 8.26. The first-order chi connectivity index (χ1) is 16.4. The third-order valence-electron chi connectivity index (χ3n) is 6.03. The molecule has 0 radical (unpaired) electrons. The lowest BCUT2D eigenvalue weighted by atomic mass is 9.99. The van der Waals surface area contributed by atoms with E-state index in [1.807, 2.05) is 18.2 Å². The summed E-state index contributed by atoms with van der Waals surface area (Å²) in [7, 11) is 3.18. The van der Waals surface area contributed by atoms with Crippen molar-refractivity contribution in [3.8, 4) is 11.8 Å². The number of piperidine rings is 1. The molecule has 1 amide bonds. The van der Waals surface area contributed by atoms with Crippen molar-refractivity contribution in [2.24, 2.45) is 13.0 Å². The fourth-order valence-electron chi connectivity index (χ4n) is 4.00. The molecular weight excluding hydrogens is 456 g/mol. The zero-order valence-electron chi connectivity index (χ0n) is 19.0. The van der Waals surface area contributed by atoms with Crippen LogP contribution >= 0.6 is 11.6 Å². The quantitative estimate of drug-likeness (QED) is 0.576. The molecule has 3 aromatic rings. The van der Waals surface area contributed by atoms with E-state index in [2.05, 4.69) is 21.3 Å². The highest BCUT2D eigenvalue weighted by atomic mass is 35.5. The summed E-state index contributed by atoms with van der Waals surface area (Å²) in [5, 5.41) is 12.9. The van der Waals surface area contributed by atoms with E-state index in [0.717, 1.165) is 42.4 Å². The van der Waals surface area contributed by atoms with Crippen molar-refractivity contribution >= 4 is 34.4 Å². The summed E-state index contributed by atoms with van der Waals surface area (Å²) in [6.45, 7) is 1.24. The predicted molar refractivity (Wildman–Crippen MR) is 129 cm³/mol. The molecule has 0 saturated carbocycles. The third-order valence-corrected chi connectivity index (χ3v) is 6.34. The molecule has 2 aromatic heterocycles. The second kappa shape index (κ2) is 10.1. The topological polar surface area (TPSA) is 113 Å². The number of nitrogens with zero attached hydrogens (tertiary/aromatic N) is 5. The minimum atomic E-state index is -0.318. The Labute approximate surface area is 201 Å². The summed E-state index contributed by atoms with van der Waals surface area (Å²) in [6, 6.07) is 9.74. The van der Waals surface area contributed by atoms with Crippen LogP contribution in [0.2, 0.25) is 5.02 Å². The standard InChI is InChI=1S/C24H25ClN6O3/c1-27-22(32)14-34-21-11-17-9-16(3-4-20(17)30(2)23(21)33)10-19-18(25)13-28-24(29-19)31-7-5-15(12-26)6-8-31/h3-4,9,11,13,15H,5-8,10,14H2,1-2H3,(H,27,32). The van der Waals surface area contributed by atoms with Crippen LogP contribution in [0.4, 0.5) is 5.95 Å². The first kappa shape index (κ1) is 23.5. The number of carbonyl (C=O) groups excluding carboxylic acids is 1. The Balaban J connectivity index is 1.59. The summed E-state index contributed by atoms with van der Waals surface area (Å²) in [5.41, 5.74) is 2.09. The van der Waals surface area contributed by atoms with Crippen LogP contribution < -0.4 is 20.5 Å². The van der Waals surface area contributed by atoms with Gasteiger partial charge in [-0.2, -0.15) is 5.26 Å². The Bertz CT molecular complexity index is 1320. The van der Waals surface area contributed by atoms with E-state index in [0.29, 0.717) is 23.1 Å². The predicted octanol–water partition coefficient (Wildman–Crippen LogP) is 2.44. The Morgan fingerprint density at radius 1 is 1.32 bits per heavy atom. The molecule has 9 nitrogen and oxygen atoms in total. The summed E-state index contributed by atoms with van der Waals surface area (Å²) in [6.07, 6.45) is 3.69. The number of hydrogen-bond acceptors (Lipinski definition) is 7. The highest BCUT2D eigenvalue weighted by molar-refractivity contribution is 6.31. The number of halogens is 1. The molecule has 0 bridgehead atoms. The SMILES string of the molecule is CNC(=O)COc1cc2cc(Cc3nc(N4CCC(C#N)CC4)ncc3Cl)ccc2n(C)c1=O. The maximum atomic E-state index is 12.6. The largest absolute Gasteiger partial charge is 0.478 e. The first-order valence-corrected chi connectivity index (χ1v) is 11.4. The maximum Gasteiger partial charge on any atom is 0.293 e. The van der Waals surface area contributed by atoms with Crippen LogP contribution in [0.3, 0.4) is 0 Å². The molecule has 3 heterocycles. The van der Waals surface area contributed by atoms with Gasteiger partial charge in [0.15, 0.2) is 12.4 Å². The minimum absolute atomic E-state index is 0.0850. The zero-order valence-corrected chi connectivity index (χ0v) is 19.8. The zero-order chi connectivity index (χ0) is 24.2. The molecule has 4 rings (SSSR count). The Kier molecular flexibility index (Phi) is 6.98. The van der Waals surface area contributed by atoms with Gasteiger partial charge in [-0.05, 0) is 36.6 Å². The van der Waals surface area contributed by atoms with Crippen molar-refractivity contribution in [2.75, 3.05) is 31.6 Å².